The molecular weight excluding hydrogens is 255 g/mol. The first kappa shape index (κ1) is 12.8. The lowest BCUT2D eigenvalue weighted by molar-refractivity contribution is 0.0935. The Hall–Kier alpha value is -2.23. The van der Waals surface area contributed by atoms with E-state index in [0.29, 0.717) is 11.3 Å². The predicted molar refractivity (Wildman–Crippen MR) is 73.9 cm³/mol. The molecule has 0 bridgehead atoms. The van der Waals surface area contributed by atoms with Gasteiger partial charge in [-0.05, 0) is 55.2 Å². The van der Waals surface area contributed by atoms with Gasteiger partial charge in [0.1, 0.15) is 5.82 Å². The summed E-state index contributed by atoms with van der Waals surface area (Å²) in [5.74, 6) is -0.417. The molecule has 0 unspecified atom stereocenters. The molecule has 1 amide bonds. The van der Waals surface area contributed by atoms with Crippen molar-refractivity contribution in [2.45, 2.75) is 25.8 Å². The fourth-order valence-electron chi connectivity index (χ4n) is 2.68. The van der Waals surface area contributed by atoms with Crippen molar-refractivity contribution in [3.05, 3.63) is 64.7 Å². The van der Waals surface area contributed by atoms with Gasteiger partial charge in [-0.25, -0.2) is 4.39 Å². The van der Waals surface area contributed by atoms with E-state index in [0.717, 1.165) is 24.0 Å². The Kier molecular flexibility index (Phi) is 3.22. The van der Waals surface area contributed by atoms with E-state index in [1.54, 1.807) is 31.3 Å². The maximum Gasteiger partial charge on any atom is 0.253 e. The summed E-state index contributed by atoms with van der Waals surface area (Å²) >= 11 is 0. The molecule has 1 heterocycles. The third-order valence-electron chi connectivity index (χ3n) is 3.74. The minimum absolute atomic E-state index is 0.118. The number of carbonyl (C=O) groups is 1. The van der Waals surface area contributed by atoms with Crippen LogP contribution in [-0.4, -0.2) is 10.9 Å². The van der Waals surface area contributed by atoms with Gasteiger partial charge < -0.3 is 5.32 Å². The lowest BCUT2D eigenvalue weighted by Gasteiger charge is -2.15. The van der Waals surface area contributed by atoms with Crippen LogP contribution in [0.25, 0.3) is 0 Å². The number of amides is 1. The van der Waals surface area contributed by atoms with Crippen LogP contribution in [0.4, 0.5) is 4.39 Å². The van der Waals surface area contributed by atoms with Gasteiger partial charge in [0, 0.05) is 11.9 Å². The number of halogens is 1. The number of carbonyl (C=O) groups excluding carboxylic acids is 1. The van der Waals surface area contributed by atoms with Gasteiger partial charge in [0.15, 0.2) is 0 Å². The van der Waals surface area contributed by atoms with Crippen molar-refractivity contribution in [1.29, 1.82) is 0 Å². The van der Waals surface area contributed by atoms with Crippen molar-refractivity contribution in [3.63, 3.8) is 0 Å². The summed E-state index contributed by atoms with van der Waals surface area (Å²) in [7, 11) is 0. The van der Waals surface area contributed by atoms with Crippen LogP contribution in [0.3, 0.4) is 0 Å². The van der Waals surface area contributed by atoms with Crippen molar-refractivity contribution in [2.24, 2.45) is 0 Å². The van der Waals surface area contributed by atoms with E-state index in [9.17, 15) is 9.18 Å². The van der Waals surface area contributed by atoms with Gasteiger partial charge in [0.2, 0.25) is 0 Å². The van der Waals surface area contributed by atoms with Crippen molar-refractivity contribution >= 4 is 5.91 Å². The van der Waals surface area contributed by atoms with E-state index in [-0.39, 0.29) is 17.8 Å². The van der Waals surface area contributed by atoms with Gasteiger partial charge in [-0.15, -0.1) is 0 Å². The quantitative estimate of drug-likeness (QED) is 0.911. The van der Waals surface area contributed by atoms with E-state index in [1.807, 2.05) is 0 Å². The molecule has 20 heavy (non-hydrogen) atoms. The fraction of sp³-hybridized carbons (Fsp3) is 0.250. The van der Waals surface area contributed by atoms with E-state index in [2.05, 4.69) is 10.3 Å². The van der Waals surface area contributed by atoms with Crippen LogP contribution >= 0.6 is 0 Å². The summed E-state index contributed by atoms with van der Waals surface area (Å²) in [6.45, 7) is 1.80. The van der Waals surface area contributed by atoms with Crippen molar-refractivity contribution in [2.75, 3.05) is 0 Å². The van der Waals surface area contributed by atoms with Gasteiger partial charge in [-0.1, -0.05) is 6.07 Å². The van der Waals surface area contributed by atoms with Crippen molar-refractivity contribution < 1.29 is 9.18 Å². The Bertz CT molecular complexity index is 669. The van der Waals surface area contributed by atoms with Crippen LogP contribution in [0.2, 0.25) is 0 Å². The van der Waals surface area contributed by atoms with Crippen LogP contribution in [0.15, 0.2) is 36.5 Å². The molecule has 0 saturated carbocycles. The molecule has 0 spiro atoms. The van der Waals surface area contributed by atoms with Gasteiger partial charge in [0.05, 0.1) is 11.6 Å². The lowest BCUT2D eigenvalue weighted by Crippen LogP contribution is -2.28. The van der Waals surface area contributed by atoms with E-state index < -0.39 is 0 Å². The number of aryl methyl sites for hydroxylation is 2. The maximum absolute atomic E-state index is 13.3. The number of hydrogen-bond donors (Lipinski definition) is 1. The molecule has 1 N–H and O–H groups in total. The average molecular weight is 270 g/mol. The highest BCUT2D eigenvalue weighted by molar-refractivity contribution is 5.95. The van der Waals surface area contributed by atoms with Gasteiger partial charge in [-0.3, -0.25) is 9.78 Å². The highest BCUT2D eigenvalue weighted by Crippen LogP contribution is 2.31. The Balaban J connectivity index is 1.82. The molecule has 2 aromatic rings. The number of fused-ring (bicyclic) bond motifs is 1. The van der Waals surface area contributed by atoms with Crippen LogP contribution in [0.1, 0.15) is 39.6 Å². The topological polar surface area (TPSA) is 42.0 Å². The molecule has 0 aliphatic heterocycles. The highest BCUT2D eigenvalue weighted by Gasteiger charge is 2.25. The Morgan fingerprint density at radius 3 is 3.05 bits per heavy atom. The first-order valence-corrected chi connectivity index (χ1v) is 6.66. The first-order chi connectivity index (χ1) is 9.65. The summed E-state index contributed by atoms with van der Waals surface area (Å²) < 4.78 is 13.3. The smallest absolute Gasteiger partial charge is 0.253 e. The third kappa shape index (κ3) is 2.29. The van der Waals surface area contributed by atoms with Crippen LogP contribution < -0.4 is 5.32 Å². The first-order valence-electron chi connectivity index (χ1n) is 6.66. The zero-order valence-corrected chi connectivity index (χ0v) is 11.2. The summed E-state index contributed by atoms with van der Waals surface area (Å²) in [5, 5.41) is 2.97. The minimum Gasteiger partial charge on any atom is -0.345 e. The predicted octanol–water partition coefficient (Wildman–Crippen LogP) is 2.95. The maximum atomic E-state index is 13.3. The summed E-state index contributed by atoms with van der Waals surface area (Å²) in [4.78, 5) is 16.4. The highest BCUT2D eigenvalue weighted by atomic mass is 19.1. The molecule has 3 nitrogen and oxygen atoms in total. The molecular formula is C16H15FN2O. The lowest BCUT2D eigenvalue weighted by atomic mass is 10.1. The molecule has 102 valence electrons. The number of benzene rings is 1. The zero-order valence-electron chi connectivity index (χ0n) is 11.2. The summed E-state index contributed by atoms with van der Waals surface area (Å²) in [5.41, 5.74) is 3.26. The monoisotopic (exact) mass is 270 g/mol. The molecule has 1 aromatic carbocycles. The molecule has 0 fully saturated rings. The zero-order chi connectivity index (χ0) is 14.1. The van der Waals surface area contributed by atoms with Crippen LogP contribution in [0, 0.1) is 12.7 Å². The van der Waals surface area contributed by atoms with Gasteiger partial charge >= 0.3 is 0 Å². The molecule has 4 heteroatoms. The Morgan fingerprint density at radius 2 is 2.25 bits per heavy atom. The number of pyridine rings is 1. The van der Waals surface area contributed by atoms with Crippen LogP contribution in [-0.2, 0) is 6.42 Å². The number of aromatic nitrogens is 1. The van der Waals surface area contributed by atoms with Crippen molar-refractivity contribution in [1.82, 2.24) is 10.3 Å². The van der Waals surface area contributed by atoms with E-state index >= 15 is 0 Å². The third-order valence-corrected chi connectivity index (χ3v) is 3.74. The minimum atomic E-state index is -0.262. The second-order valence-electron chi connectivity index (χ2n) is 5.04. The van der Waals surface area contributed by atoms with E-state index in [4.69, 9.17) is 0 Å². The molecule has 0 radical (unpaired) electrons. The number of nitrogens with zero attached hydrogens (tertiary/aromatic N) is 1. The average Bonchev–Trinajstić information content (AvgIpc) is 2.82. The number of rotatable bonds is 2. The van der Waals surface area contributed by atoms with E-state index in [1.165, 1.54) is 12.1 Å². The van der Waals surface area contributed by atoms with Gasteiger partial charge in [0.25, 0.3) is 5.91 Å². The standard InChI is InChI=1S/C16H15FN2O/c1-10-13(3-2-8-18-10)16(20)19-15-7-5-11-4-6-12(17)9-14(11)15/h2-4,6,8-9,15H,5,7H2,1H3,(H,19,20)/t15-/m1/s1. The van der Waals surface area contributed by atoms with Crippen LogP contribution in [0.5, 0.6) is 0 Å². The Morgan fingerprint density at radius 1 is 1.40 bits per heavy atom. The molecule has 1 aliphatic rings. The number of nitrogens with one attached hydrogen (secondary N) is 1. The molecule has 1 aliphatic carbocycles. The molecule has 1 aromatic heterocycles. The fourth-order valence-corrected chi connectivity index (χ4v) is 2.68. The molecule has 3 rings (SSSR count). The SMILES string of the molecule is Cc1ncccc1C(=O)N[C@@H]1CCc2ccc(F)cc21. The van der Waals surface area contributed by atoms with Gasteiger partial charge in [-0.2, -0.15) is 0 Å². The normalized spacial score (nSPS) is 16.8. The summed E-state index contributed by atoms with van der Waals surface area (Å²) in [6.07, 6.45) is 3.34. The second kappa shape index (κ2) is 5.04. The molecule has 1 atom stereocenters. The van der Waals surface area contributed by atoms with Crippen molar-refractivity contribution in [3.8, 4) is 0 Å². The summed E-state index contributed by atoms with van der Waals surface area (Å²) in [6, 6.07) is 8.15. The number of hydrogen-bond acceptors (Lipinski definition) is 2. The molecule has 0 saturated heterocycles. The largest absolute Gasteiger partial charge is 0.345 e. The second-order valence-corrected chi connectivity index (χ2v) is 5.04. The Labute approximate surface area is 116 Å².